The van der Waals surface area contributed by atoms with E-state index in [1.165, 1.54) is 6.20 Å². The maximum absolute atomic E-state index is 13.8. The van der Waals surface area contributed by atoms with Crippen molar-refractivity contribution in [3.8, 4) is 0 Å². The normalized spacial score (nSPS) is 25.7. The summed E-state index contributed by atoms with van der Waals surface area (Å²) in [5.74, 6) is -0.616. The Bertz CT molecular complexity index is 1690. The third-order valence-electron chi connectivity index (χ3n) is 7.57. The molecule has 0 unspecified atom stereocenters. The standard InChI is InChI=1S/C31H34IN5O9/c1-31(2,3)29(40)46-26-25-24(22(34-35-33)23(38)21(44-25)17-42-15-18-10-6-4-7-11-18)45-28(26)36-14-20(32)27(39)37(30(36)41)43-16-19-12-8-5-9-13-19/h4-14,21-26,28,38H,15-17H2,1-3H3/t21-,22-,23+,24-,25-,26-,28-/m1/s1. The van der Waals surface area contributed by atoms with E-state index in [0.717, 1.165) is 15.7 Å². The fourth-order valence-electron chi connectivity index (χ4n) is 5.17. The van der Waals surface area contributed by atoms with E-state index in [4.69, 9.17) is 23.8 Å². The molecule has 7 atom stereocenters. The SMILES string of the molecule is CC(C)(C)C(=O)O[C@@H]1[C@@H]2O[C@H](COCc3ccccc3)[C@H](O)[C@@H](N=[N+]=[N-])[C@H]2O[C@H]1n1cc(I)c(=O)n(OCc2ccccc2)c1=O. The van der Waals surface area contributed by atoms with Gasteiger partial charge in [0.15, 0.2) is 12.3 Å². The van der Waals surface area contributed by atoms with Crippen LogP contribution in [0.4, 0.5) is 0 Å². The number of ether oxygens (including phenoxy) is 4. The molecule has 2 aromatic carbocycles. The zero-order valence-corrected chi connectivity index (χ0v) is 27.5. The molecule has 14 nitrogen and oxygen atoms in total. The molecule has 0 amide bonds. The van der Waals surface area contributed by atoms with Crippen LogP contribution in [0.25, 0.3) is 10.4 Å². The summed E-state index contributed by atoms with van der Waals surface area (Å²) in [7, 11) is 0. The number of carbonyl (C=O) groups excluding carboxylic acids is 1. The molecule has 3 aromatic rings. The van der Waals surface area contributed by atoms with E-state index < -0.39 is 65.4 Å². The van der Waals surface area contributed by atoms with Crippen LogP contribution in [-0.2, 0) is 37.0 Å². The number of aliphatic hydroxyl groups excluding tert-OH is 1. The van der Waals surface area contributed by atoms with Crippen molar-refractivity contribution in [2.45, 2.75) is 76.8 Å². The van der Waals surface area contributed by atoms with Gasteiger partial charge >= 0.3 is 17.2 Å². The zero-order valence-electron chi connectivity index (χ0n) is 25.3. The third kappa shape index (κ3) is 7.29. The topological polar surface area (TPSA) is 176 Å². The predicted octanol–water partition coefficient (Wildman–Crippen LogP) is 3.12. The van der Waals surface area contributed by atoms with Gasteiger partial charge in [-0.1, -0.05) is 70.5 Å². The Labute approximate surface area is 277 Å². The number of carbonyl (C=O) groups is 1. The second-order valence-corrected chi connectivity index (χ2v) is 13.1. The van der Waals surface area contributed by atoms with Gasteiger partial charge in [0.2, 0.25) is 0 Å². The molecule has 0 spiro atoms. The fourth-order valence-corrected chi connectivity index (χ4v) is 5.69. The summed E-state index contributed by atoms with van der Waals surface area (Å²) in [6.07, 6.45) is -5.91. The highest BCUT2D eigenvalue weighted by Gasteiger charge is 2.58. The largest absolute Gasteiger partial charge is 0.454 e. The van der Waals surface area contributed by atoms with E-state index in [0.29, 0.717) is 4.73 Å². The molecule has 5 rings (SSSR count). The first-order valence-corrected chi connectivity index (χ1v) is 15.6. The molecular formula is C31H34IN5O9. The Hall–Kier alpha value is -3.73. The van der Waals surface area contributed by atoms with E-state index in [-0.39, 0.29) is 23.4 Å². The van der Waals surface area contributed by atoms with Crippen molar-refractivity contribution in [3.63, 3.8) is 0 Å². The third-order valence-corrected chi connectivity index (χ3v) is 8.31. The smallest absolute Gasteiger partial charge is 0.366 e. The lowest BCUT2D eigenvalue weighted by molar-refractivity contribution is -0.198. The molecule has 46 heavy (non-hydrogen) atoms. The van der Waals surface area contributed by atoms with Gasteiger partial charge in [0.1, 0.15) is 24.9 Å². The number of rotatable bonds is 10. The Balaban J connectivity index is 1.49. The molecule has 1 N–H and O–H groups in total. The lowest BCUT2D eigenvalue weighted by atomic mass is 9.91. The summed E-state index contributed by atoms with van der Waals surface area (Å²) in [6, 6.07) is 17.2. The lowest BCUT2D eigenvalue weighted by Crippen LogP contribution is -2.59. The van der Waals surface area contributed by atoms with Crippen LogP contribution in [-0.4, -0.2) is 63.5 Å². The monoisotopic (exact) mass is 747 g/mol. The molecule has 2 saturated heterocycles. The Morgan fingerprint density at radius 1 is 1.02 bits per heavy atom. The van der Waals surface area contributed by atoms with Crippen LogP contribution in [0, 0.1) is 8.99 Å². The number of nitrogens with zero attached hydrogens (tertiary/aromatic N) is 5. The summed E-state index contributed by atoms with van der Waals surface area (Å²) < 4.78 is 26.1. The number of benzene rings is 2. The number of esters is 1. The summed E-state index contributed by atoms with van der Waals surface area (Å²) in [4.78, 5) is 48.6. The van der Waals surface area contributed by atoms with Gasteiger partial charge in [0, 0.05) is 11.1 Å². The number of halogens is 1. The maximum atomic E-state index is 13.8. The Kier molecular flexibility index (Phi) is 10.5. The molecule has 2 aliphatic heterocycles. The van der Waals surface area contributed by atoms with Gasteiger partial charge in [-0.2, -0.15) is 0 Å². The summed E-state index contributed by atoms with van der Waals surface area (Å²) in [5.41, 5.74) is 8.48. The number of hydrogen-bond donors (Lipinski definition) is 1. The first-order chi connectivity index (χ1) is 22.0. The predicted molar refractivity (Wildman–Crippen MR) is 171 cm³/mol. The lowest BCUT2D eigenvalue weighted by Gasteiger charge is -2.40. The molecule has 0 aliphatic carbocycles. The summed E-state index contributed by atoms with van der Waals surface area (Å²) >= 11 is 1.77. The van der Waals surface area contributed by atoms with Crippen LogP contribution in [0.5, 0.6) is 0 Å². The van der Waals surface area contributed by atoms with Gasteiger partial charge in [-0.05, 0) is 60.0 Å². The minimum absolute atomic E-state index is 0.0752. The highest BCUT2D eigenvalue weighted by atomic mass is 127. The van der Waals surface area contributed by atoms with Crippen molar-refractivity contribution in [3.05, 3.63) is 113 Å². The molecule has 0 radical (unpaired) electrons. The van der Waals surface area contributed by atoms with Gasteiger partial charge in [-0.3, -0.25) is 14.2 Å². The average molecular weight is 748 g/mol. The molecule has 15 heteroatoms. The van der Waals surface area contributed by atoms with Crippen molar-refractivity contribution in [1.82, 2.24) is 9.30 Å². The van der Waals surface area contributed by atoms with Crippen molar-refractivity contribution in [2.75, 3.05) is 6.61 Å². The highest BCUT2D eigenvalue weighted by molar-refractivity contribution is 14.1. The van der Waals surface area contributed by atoms with Gasteiger partial charge in [-0.15, -0.1) is 0 Å². The number of fused-ring (bicyclic) bond motifs is 1. The van der Waals surface area contributed by atoms with Crippen LogP contribution in [0.2, 0.25) is 0 Å². The molecular weight excluding hydrogens is 713 g/mol. The highest BCUT2D eigenvalue weighted by Crippen LogP contribution is 2.41. The first kappa shape index (κ1) is 33.6. The average Bonchev–Trinajstić information content (AvgIpc) is 3.38. The van der Waals surface area contributed by atoms with Gasteiger partial charge < -0.3 is 28.9 Å². The van der Waals surface area contributed by atoms with Crippen LogP contribution < -0.4 is 16.1 Å². The summed E-state index contributed by atoms with van der Waals surface area (Å²) in [6.45, 7) is 5.07. The molecule has 0 saturated carbocycles. The summed E-state index contributed by atoms with van der Waals surface area (Å²) in [5, 5.41) is 15.0. The molecule has 3 heterocycles. The van der Waals surface area contributed by atoms with Gasteiger partial charge in [-0.25, -0.2) is 4.79 Å². The van der Waals surface area contributed by atoms with E-state index in [9.17, 15) is 25.0 Å². The van der Waals surface area contributed by atoms with Gasteiger partial charge in [0.05, 0.1) is 34.3 Å². The molecule has 2 aliphatic rings. The number of aromatic nitrogens is 2. The van der Waals surface area contributed by atoms with E-state index in [1.54, 1.807) is 67.6 Å². The minimum atomic E-state index is -1.36. The van der Waals surface area contributed by atoms with Crippen LogP contribution in [0.15, 0.2) is 81.6 Å². The number of hydrogen-bond acceptors (Lipinski definition) is 10. The van der Waals surface area contributed by atoms with Gasteiger partial charge in [0.25, 0.3) is 0 Å². The van der Waals surface area contributed by atoms with Crippen molar-refractivity contribution >= 4 is 28.6 Å². The van der Waals surface area contributed by atoms with E-state index in [2.05, 4.69) is 10.0 Å². The molecule has 2 fully saturated rings. The number of azide groups is 1. The number of aliphatic hydroxyl groups is 1. The molecule has 244 valence electrons. The van der Waals surface area contributed by atoms with E-state index in [1.807, 2.05) is 36.4 Å². The van der Waals surface area contributed by atoms with Crippen LogP contribution in [0.1, 0.15) is 38.1 Å². The second-order valence-electron chi connectivity index (χ2n) is 12.0. The Morgan fingerprint density at radius 2 is 1.65 bits per heavy atom. The minimum Gasteiger partial charge on any atom is -0.454 e. The molecule has 1 aromatic heterocycles. The first-order valence-electron chi connectivity index (χ1n) is 14.6. The Morgan fingerprint density at radius 3 is 2.26 bits per heavy atom. The van der Waals surface area contributed by atoms with Crippen LogP contribution >= 0.6 is 22.6 Å². The van der Waals surface area contributed by atoms with Crippen LogP contribution in [0.3, 0.4) is 0 Å². The van der Waals surface area contributed by atoms with E-state index >= 15 is 0 Å². The van der Waals surface area contributed by atoms with Crippen molar-refractivity contribution in [1.29, 1.82) is 0 Å². The fraction of sp³-hybridized carbons (Fsp3) is 0.452. The second kappa shape index (κ2) is 14.4. The maximum Gasteiger partial charge on any atom is 0.366 e. The van der Waals surface area contributed by atoms with Crippen molar-refractivity contribution in [2.24, 2.45) is 10.5 Å². The zero-order chi connectivity index (χ0) is 33.0. The molecule has 0 bridgehead atoms. The van der Waals surface area contributed by atoms with Crippen molar-refractivity contribution < 1.29 is 33.7 Å². The quantitative estimate of drug-likeness (QED) is 0.107.